The molecule has 1 aromatic carbocycles. The minimum atomic E-state index is -1.16. The van der Waals surface area contributed by atoms with Crippen LogP contribution in [0.15, 0.2) is 18.2 Å². The molecule has 0 aliphatic carbocycles. The number of aromatic carboxylic acids is 1. The first-order valence-corrected chi connectivity index (χ1v) is 5.87. The second kappa shape index (κ2) is 4.79. The third-order valence-electron chi connectivity index (χ3n) is 2.78. The number of carboxylic acids is 1. The molecule has 6 heteroatoms. The highest BCUT2D eigenvalue weighted by molar-refractivity contribution is 5.86. The Balaban J connectivity index is 2.69. The molecule has 1 aromatic heterocycles. The number of benzene rings is 1. The Labute approximate surface area is 109 Å². The molecule has 19 heavy (non-hydrogen) atoms. The summed E-state index contributed by atoms with van der Waals surface area (Å²) in [4.78, 5) is 11.1. The Morgan fingerprint density at radius 1 is 1.42 bits per heavy atom. The van der Waals surface area contributed by atoms with E-state index in [9.17, 15) is 9.18 Å². The number of rotatable bonds is 3. The average molecular weight is 263 g/mol. The second-order valence-corrected chi connectivity index (χ2v) is 4.65. The monoisotopic (exact) mass is 263 g/mol. The molecule has 2 rings (SSSR count). The van der Waals surface area contributed by atoms with Gasteiger partial charge in [0, 0.05) is 0 Å². The van der Waals surface area contributed by atoms with E-state index in [0.717, 1.165) is 5.56 Å². The summed E-state index contributed by atoms with van der Waals surface area (Å²) < 4.78 is 15.1. The minimum absolute atomic E-state index is 0.138. The zero-order valence-corrected chi connectivity index (χ0v) is 10.9. The van der Waals surface area contributed by atoms with Crippen LogP contribution in [0.3, 0.4) is 0 Å². The summed E-state index contributed by atoms with van der Waals surface area (Å²) in [6.45, 7) is 5.46. The van der Waals surface area contributed by atoms with Crippen LogP contribution in [0.5, 0.6) is 0 Å². The summed E-state index contributed by atoms with van der Waals surface area (Å²) >= 11 is 0. The van der Waals surface area contributed by atoms with Gasteiger partial charge in [-0.1, -0.05) is 25.1 Å². The lowest BCUT2D eigenvalue weighted by molar-refractivity contribution is 0.0688. The lowest BCUT2D eigenvalue weighted by atomic mass is 10.1. The molecule has 5 nitrogen and oxygen atoms in total. The van der Waals surface area contributed by atoms with Crippen LogP contribution in [-0.4, -0.2) is 26.1 Å². The molecule has 0 spiro atoms. The maximum atomic E-state index is 13.9. The van der Waals surface area contributed by atoms with E-state index in [1.54, 1.807) is 12.1 Å². The molecule has 0 fully saturated rings. The smallest absolute Gasteiger partial charge is 0.358 e. The minimum Gasteiger partial charge on any atom is -0.476 e. The fourth-order valence-corrected chi connectivity index (χ4v) is 1.92. The molecule has 0 saturated carbocycles. The van der Waals surface area contributed by atoms with Gasteiger partial charge in [0.05, 0.1) is 5.69 Å². The highest BCUT2D eigenvalue weighted by atomic mass is 19.1. The first-order valence-electron chi connectivity index (χ1n) is 5.87. The molecule has 0 unspecified atom stereocenters. The van der Waals surface area contributed by atoms with Gasteiger partial charge in [0.2, 0.25) is 0 Å². The maximum Gasteiger partial charge on any atom is 0.358 e. The van der Waals surface area contributed by atoms with E-state index in [4.69, 9.17) is 5.11 Å². The van der Waals surface area contributed by atoms with Crippen LogP contribution in [0.25, 0.3) is 5.69 Å². The molecule has 0 aliphatic heterocycles. The normalized spacial score (nSPS) is 11.0. The molecule has 0 saturated heterocycles. The van der Waals surface area contributed by atoms with Crippen molar-refractivity contribution in [3.05, 3.63) is 41.0 Å². The molecule has 0 radical (unpaired) electrons. The Morgan fingerprint density at radius 2 is 2.11 bits per heavy atom. The molecular formula is C13H14FN3O2. The zero-order valence-electron chi connectivity index (χ0n) is 10.9. The third-order valence-corrected chi connectivity index (χ3v) is 2.78. The van der Waals surface area contributed by atoms with Gasteiger partial charge in [0.1, 0.15) is 11.5 Å². The number of hydrogen-bond acceptors (Lipinski definition) is 3. The van der Waals surface area contributed by atoms with Gasteiger partial charge >= 0.3 is 5.97 Å². The van der Waals surface area contributed by atoms with Crippen molar-refractivity contribution in [2.45, 2.75) is 26.7 Å². The van der Waals surface area contributed by atoms with Crippen molar-refractivity contribution < 1.29 is 14.3 Å². The van der Waals surface area contributed by atoms with Gasteiger partial charge in [-0.3, -0.25) is 0 Å². The molecule has 1 N–H and O–H groups in total. The second-order valence-electron chi connectivity index (χ2n) is 4.65. The summed E-state index contributed by atoms with van der Waals surface area (Å²) in [7, 11) is 0. The van der Waals surface area contributed by atoms with Gasteiger partial charge in [-0.15, -0.1) is 5.10 Å². The number of aryl methyl sites for hydroxylation is 1. The van der Waals surface area contributed by atoms with Crippen molar-refractivity contribution >= 4 is 5.97 Å². The quantitative estimate of drug-likeness (QED) is 0.924. The molecule has 2 aromatic rings. The van der Waals surface area contributed by atoms with Gasteiger partial charge in [0.25, 0.3) is 0 Å². The standard InChI is InChI=1S/C13H14FN3O2/c1-7(2)12-11(13(18)19)15-16-17(12)10-6-8(3)4-5-9(10)14/h4-7H,1-3H3,(H,18,19). The Hall–Kier alpha value is -2.24. The molecule has 100 valence electrons. The Kier molecular flexibility index (Phi) is 3.33. The van der Waals surface area contributed by atoms with E-state index in [2.05, 4.69) is 10.3 Å². The molecular weight excluding hydrogens is 249 g/mol. The number of aromatic nitrogens is 3. The van der Waals surface area contributed by atoms with Crippen molar-refractivity contribution in [1.29, 1.82) is 0 Å². The third kappa shape index (κ3) is 2.33. The maximum absolute atomic E-state index is 13.9. The average Bonchev–Trinajstić information content (AvgIpc) is 2.76. The largest absolute Gasteiger partial charge is 0.476 e. The van der Waals surface area contributed by atoms with Crippen LogP contribution >= 0.6 is 0 Å². The first-order chi connectivity index (χ1) is 8.91. The highest BCUT2D eigenvalue weighted by Crippen LogP contribution is 2.23. The summed E-state index contributed by atoms with van der Waals surface area (Å²) in [5.41, 5.74) is 1.31. The number of hydrogen-bond donors (Lipinski definition) is 1. The van der Waals surface area contributed by atoms with Crippen molar-refractivity contribution in [3.8, 4) is 5.69 Å². The first kappa shape index (κ1) is 13.2. The predicted molar refractivity (Wildman–Crippen MR) is 67.1 cm³/mol. The van der Waals surface area contributed by atoms with Crippen LogP contribution in [0.4, 0.5) is 4.39 Å². The van der Waals surface area contributed by atoms with Crippen LogP contribution in [0, 0.1) is 12.7 Å². The van der Waals surface area contributed by atoms with E-state index in [0.29, 0.717) is 5.69 Å². The Morgan fingerprint density at radius 3 is 2.68 bits per heavy atom. The summed E-state index contributed by atoms with van der Waals surface area (Å²) in [6.07, 6.45) is 0. The van der Waals surface area contributed by atoms with Gasteiger partial charge in [-0.25, -0.2) is 13.9 Å². The lowest BCUT2D eigenvalue weighted by Crippen LogP contribution is -2.09. The highest BCUT2D eigenvalue weighted by Gasteiger charge is 2.23. The van der Waals surface area contributed by atoms with E-state index in [-0.39, 0.29) is 17.3 Å². The number of carbonyl (C=O) groups is 1. The van der Waals surface area contributed by atoms with Gasteiger partial charge < -0.3 is 5.11 Å². The van der Waals surface area contributed by atoms with E-state index >= 15 is 0 Å². The molecule has 0 amide bonds. The van der Waals surface area contributed by atoms with Crippen molar-refractivity contribution in [1.82, 2.24) is 15.0 Å². The number of nitrogens with zero attached hydrogens (tertiary/aromatic N) is 3. The van der Waals surface area contributed by atoms with E-state index in [1.807, 2.05) is 20.8 Å². The lowest BCUT2D eigenvalue weighted by Gasteiger charge is -2.11. The SMILES string of the molecule is Cc1ccc(F)c(-n2nnc(C(=O)O)c2C(C)C)c1. The van der Waals surface area contributed by atoms with Crippen molar-refractivity contribution in [2.24, 2.45) is 0 Å². The van der Waals surface area contributed by atoms with Crippen LogP contribution in [-0.2, 0) is 0 Å². The molecule has 0 aliphatic rings. The molecule has 0 bridgehead atoms. The number of carboxylic acid groups (broad SMARTS) is 1. The van der Waals surface area contributed by atoms with Gasteiger partial charge in [-0.05, 0) is 30.5 Å². The fraction of sp³-hybridized carbons (Fsp3) is 0.308. The van der Waals surface area contributed by atoms with Crippen LogP contribution in [0.2, 0.25) is 0 Å². The molecule has 0 atom stereocenters. The van der Waals surface area contributed by atoms with Gasteiger partial charge in [0.15, 0.2) is 5.69 Å². The summed E-state index contributed by atoms with van der Waals surface area (Å²) in [6, 6.07) is 4.58. The van der Waals surface area contributed by atoms with E-state index in [1.165, 1.54) is 10.7 Å². The van der Waals surface area contributed by atoms with E-state index < -0.39 is 11.8 Å². The fourth-order valence-electron chi connectivity index (χ4n) is 1.92. The zero-order chi connectivity index (χ0) is 14.2. The topological polar surface area (TPSA) is 68.0 Å². The van der Waals surface area contributed by atoms with Crippen molar-refractivity contribution in [2.75, 3.05) is 0 Å². The Bertz CT molecular complexity index is 635. The number of halogens is 1. The van der Waals surface area contributed by atoms with Crippen molar-refractivity contribution in [3.63, 3.8) is 0 Å². The molecule has 1 heterocycles. The van der Waals surface area contributed by atoms with Crippen LogP contribution < -0.4 is 0 Å². The van der Waals surface area contributed by atoms with Crippen LogP contribution in [0.1, 0.15) is 41.5 Å². The summed E-state index contributed by atoms with van der Waals surface area (Å²) in [5.74, 6) is -1.77. The van der Waals surface area contributed by atoms with Gasteiger partial charge in [-0.2, -0.15) is 0 Å². The predicted octanol–water partition coefficient (Wildman–Crippen LogP) is 2.54. The summed E-state index contributed by atoms with van der Waals surface area (Å²) in [5, 5.41) is 16.5.